The Morgan fingerprint density at radius 2 is 0.852 bits per heavy atom. The Labute approximate surface area is 358 Å². The van der Waals surface area contributed by atoms with Crippen LogP contribution in [0.3, 0.4) is 0 Å². The van der Waals surface area contributed by atoms with Gasteiger partial charge in [0.15, 0.2) is 0 Å². The molecule has 0 aliphatic carbocycles. The maximum Gasteiger partial charge on any atom is 0.136 e. The van der Waals surface area contributed by atoms with Gasteiger partial charge in [0.05, 0.1) is 5.69 Å². The van der Waals surface area contributed by atoms with Gasteiger partial charge in [0, 0.05) is 22.5 Å². The number of aromatic nitrogens is 1. The molecule has 294 valence electrons. The molecule has 0 unspecified atom stereocenters. The monoisotopic (exact) mass is 785 g/mol. The number of benzene rings is 8. The van der Waals surface area contributed by atoms with Crippen LogP contribution < -0.4 is 0 Å². The highest BCUT2D eigenvalue weighted by Crippen LogP contribution is 2.37. The van der Waals surface area contributed by atoms with Crippen LogP contribution in [0.15, 0.2) is 205 Å². The fraction of sp³-hybridized carbons (Fsp3) is 0.102. The zero-order valence-corrected chi connectivity index (χ0v) is 34.7. The smallest absolute Gasteiger partial charge is 0.136 e. The van der Waals surface area contributed by atoms with Gasteiger partial charge in [-0.05, 0) is 143 Å². The lowest BCUT2D eigenvalue weighted by Gasteiger charge is -2.15. The first-order valence-corrected chi connectivity index (χ1v) is 21.4. The van der Waals surface area contributed by atoms with Crippen molar-refractivity contribution in [3.8, 4) is 55.8 Å². The molecule has 2 heterocycles. The van der Waals surface area contributed by atoms with Crippen LogP contribution >= 0.6 is 0 Å². The molecule has 2 aromatic heterocycles. The Bertz CT molecular complexity index is 3090. The molecule has 8 aromatic carbocycles. The molecule has 61 heavy (non-hydrogen) atoms. The van der Waals surface area contributed by atoms with E-state index < -0.39 is 0 Å². The lowest BCUT2D eigenvalue weighted by Crippen LogP contribution is -1.98. The van der Waals surface area contributed by atoms with Crippen molar-refractivity contribution < 1.29 is 4.42 Å². The van der Waals surface area contributed by atoms with E-state index in [0.29, 0.717) is 0 Å². The summed E-state index contributed by atoms with van der Waals surface area (Å²) in [5, 5.41) is 2.25. The Morgan fingerprint density at radius 1 is 0.344 bits per heavy atom. The number of hydrogen-bond acceptors (Lipinski definition) is 2. The van der Waals surface area contributed by atoms with Crippen LogP contribution in [0.1, 0.15) is 33.4 Å². The van der Waals surface area contributed by atoms with Crippen molar-refractivity contribution in [1.29, 1.82) is 0 Å². The third kappa shape index (κ3) is 8.31. The van der Waals surface area contributed by atoms with Crippen LogP contribution in [-0.4, -0.2) is 4.98 Å². The molecule has 0 saturated carbocycles. The molecule has 10 rings (SSSR count). The first kappa shape index (κ1) is 37.9. The van der Waals surface area contributed by atoms with Gasteiger partial charge < -0.3 is 4.42 Å². The lowest BCUT2D eigenvalue weighted by molar-refractivity contribution is 0.669. The van der Waals surface area contributed by atoms with E-state index in [-0.39, 0.29) is 0 Å². The van der Waals surface area contributed by atoms with E-state index in [1.165, 1.54) is 61.2 Å². The highest BCUT2D eigenvalue weighted by molar-refractivity contribution is 6.07. The number of pyridine rings is 1. The zero-order valence-electron chi connectivity index (χ0n) is 34.7. The molecule has 0 fully saturated rings. The summed E-state index contributed by atoms with van der Waals surface area (Å²) in [4.78, 5) is 4.82. The molecule has 0 aliphatic heterocycles. The zero-order chi connectivity index (χ0) is 41.1. The van der Waals surface area contributed by atoms with Crippen LogP contribution in [0.4, 0.5) is 0 Å². The number of aryl methyl sites for hydroxylation is 6. The van der Waals surface area contributed by atoms with Gasteiger partial charge >= 0.3 is 0 Å². The number of rotatable bonds is 11. The van der Waals surface area contributed by atoms with Crippen molar-refractivity contribution in [1.82, 2.24) is 4.98 Å². The number of nitrogens with zero attached hydrogens (tertiary/aromatic N) is 1. The average Bonchev–Trinajstić information content (AvgIpc) is 3.68. The Balaban J connectivity index is 0.928. The van der Waals surface area contributed by atoms with Gasteiger partial charge in [-0.15, -0.1) is 0 Å². The van der Waals surface area contributed by atoms with Crippen LogP contribution in [0.25, 0.3) is 77.7 Å². The van der Waals surface area contributed by atoms with Crippen molar-refractivity contribution in [3.63, 3.8) is 0 Å². The largest absolute Gasteiger partial charge is 0.456 e. The van der Waals surface area contributed by atoms with Gasteiger partial charge in [-0.2, -0.15) is 0 Å². The predicted molar refractivity (Wildman–Crippen MR) is 256 cm³/mol. The van der Waals surface area contributed by atoms with Gasteiger partial charge in [-0.3, -0.25) is 4.98 Å². The third-order valence-corrected chi connectivity index (χ3v) is 12.0. The molecule has 0 aliphatic rings. The molecule has 0 amide bonds. The number of fused-ring (bicyclic) bond motifs is 3. The van der Waals surface area contributed by atoms with Gasteiger partial charge in [0.1, 0.15) is 11.2 Å². The first-order chi connectivity index (χ1) is 30.0. The van der Waals surface area contributed by atoms with Crippen molar-refractivity contribution in [3.05, 3.63) is 234 Å². The van der Waals surface area contributed by atoms with E-state index in [1.54, 1.807) is 0 Å². The standard InChI is InChI=1S/C59H47NO/c1-40-10-8-12-42(32-40)18-20-44-34-45(21-19-43-13-9-11-41(2)33-43)36-52(35-44)54-17-7-6-16-53(54)47-22-24-48(25-23-47)57-37-51(30-31-60-57)50-27-29-56-55-28-26-49(46-14-4-3-5-15-46)38-58(55)61-59(56)39-50/h3-17,22-39H,18-21H2,1-2H3. The fourth-order valence-electron chi connectivity index (χ4n) is 8.86. The molecule has 0 N–H and O–H groups in total. The molecular weight excluding hydrogens is 739 g/mol. The summed E-state index contributed by atoms with van der Waals surface area (Å²) in [7, 11) is 0. The summed E-state index contributed by atoms with van der Waals surface area (Å²) >= 11 is 0. The number of furan rings is 1. The summed E-state index contributed by atoms with van der Waals surface area (Å²) in [6.07, 6.45) is 5.95. The van der Waals surface area contributed by atoms with E-state index in [4.69, 9.17) is 9.40 Å². The highest BCUT2D eigenvalue weighted by Gasteiger charge is 2.14. The average molecular weight is 786 g/mol. The first-order valence-electron chi connectivity index (χ1n) is 21.4. The molecule has 0 atom stereocenters. The normalized spacial score (nSPS) is 11.4. The molecular formula is C59H47NO. The van der Waals surface area contributed by atoms with Crippen LogP contribution in [0.2, 0.25) is 0 Å². The summed E-state index contributed by atoms with van der Waals surface area (Å²) < 4.78 is 6.45. The van der Waals surface area contributed by atoms with Crippen molar-refractivity contribution in [2.75, 3.05) is 0 Å². The minimum atomic E-state index is 0.884. The topological polar surface area (TPSA) is 26.0 Å². The molecule has 10 aromatic rings. The molecule has 0 radical (unpaired) electrons. The predicted octanol–water partition coefficient (Wildman–Crippen LogP) is 15.5. The van der Waals surface area contributed by atoms with Crippen LogP contribution in [-0.2, 0) is 25.7 Å². The molecule has 0 saturated heterocycles. The lowest BCUT2D eigenvalue weighted by atomic mass is 9.90. The molecule has 2 nitrogen and oxygen atoms in total. The summed E-state index contributed by atoms with van der Waals surface area (Å²) in [5.74, 6) is 0. The van der Waals surface area contributed by atoms with Gasteiger partial charge in [0.2, 0.25) is 0 Å². The summed E-state index contributed by atoms with van der Waals surface area (Å²) in [6, 6.07) is 70.6. The van der Waals surface area contributed by atoms with Gasteiger partial charge in [0.25, 0.3) is 0 Å². The Morgan fingerprint density at radius 3 is 1.46 bits per heavy atom. The van der Waals surface area contributed by atoms with Crippen molar-refractivity contribution >= 4 is 21.9 Å². The van der Waals surface area contributed by atoms with Crippen LogP contribution in [0, 0.1) is 13.8 Å². The quantitative estimate of drug-likeness (QED) is 0.131. The molecule has 0 spiro atoms. The van der Waals surface area contributed by atoms with Crippen molar-refractivity contribution in [2.45, 2.75) is 39.5 Å². The summed E-state index contributed by atoms with van der Waals surface area (Å²) in [6.45, 7) is 4.35. The second-order valence-electron chi connectivity index (χ2n) is 16.5. The Hall–Kier alpha value is -7.29. The maximum absolute atomic E-state index is 6.45. The SMILES string of the molecule is Cc1cccc(CCc2cc(CCc3cccc(C)c3)cc(-c3ccccc3-c3ccc(-c4cc(-c5ccc6c(c5)oc5cc(-c7ccccc7)ccc56)ccn4)cc3)c2)c1. The van der Waals surface area contributed by atoms with E-state index in [2.05, 4.69) is 202 Å². The van der Waals surface area contributed by atoms with E-state index in [1.807, 2.05) is 12.3 Å². The maximum atomic E-state index is 6.45. The molecule has 2 heteroatoms. The van der Waals surface area contributed by atoms with E-state index in [9.17, 15) is 0 Å². The second-order valence-corrected chi connectivity index (χ2v) is 16.5. The van der Waals surface area contributed by atoms with E-state index in [0.717, 1.165) is 75.6 Å². The minimum Gasteiger partial charge on any atom is -0.456 e. The number of hydrogen-bond donors (Lipinski definition) is 0. The summed E-state index contributed by atoms with van der Waals surface area (Å²) in [5.41, 5.74) is 21.4. The van der Waals surface area contributed by atoms with Crippen molar-refractivity contribution in [2.24, 2.45) is 0 Å². The van der Waals surface area contributed by atoms with Gasteiger partial charge in [-0.25, -0.2) is 0 Å². The van der Waals surface area contributed by atoms with E-state index >= 15 is 0 Å². The third-order valence-electron chi connectivity index (χ3n) is 12.0. The fourth-order valence-corrected chi connectivity index (χ4v) is 8.86. The highest BCUT2D eigenvalue weighted by atomic mass is 16.3. The van der Waals surface area contributed by atoms with Gasteiger partial charge in [-0.1, -0.05) is 169 Å². The minimum absolute atomic E-state index is 0.884. The second kappa shape index (κ2) is 16.8. The Kier molecular flexibility index (Phi) is 10.4. The van der Waals surface area contributed by atoms with Crippen LogP contribution in [0.5, 0.6) is 0 Å². The molecule has 0 bridgehead atoms.